The van der Waals surface area contributed by atoms with Crippen LogP contribution in [0.25, 0.3) is 5.65 Å². The second-order valence-corrected chi connectivity index (χ2v) is 7.06. The SMILES string of the molecule is CC1CNCCC1NC(=O)c1cccc(OCc2cn3ccccc3n2)c1.Cl.Cl. The number of carbonyl (C=O) groups excluding carboxylic acids is 1. The summed E-state index contributed by atoms with van der Waals surface area (Å²) in [7, 11) is 0. The maximum absolute atomic E-state index is 12.6. The van der Waals surface area contributed by atoms with Crippen molar-refractivity contribution in [1.29, 1.82) is 0 Å². The first-order valence-electron chi connectivity index (χ1n) is 9.36. The number of amides is 1. The average molecular weight is 437 g/mol. The molecule has 6 nitrogen and oxygen atoms in total. The molecule has 0 spiro atoms. The molecule has 8 heteroatoms. The Hall–Kier alpha value is -2.28. The lowest BCUT2D eigenvalue weighted by Gasteiger charge is -2.30. The lowest BCUT2D eigenvalue weighted by Crippen LogP contribution is -2.48. The van der Waals surface area contributed by atoms with Gasteiger partial charge in [-0.2, -0.15) is 0 Å². The van der Waals surface area contributed by atoms with Gasteiger partial charge in [0, 0.05) is 24.0 Å². The highest BCUT2D eigenvalue weighted by Gasteiger charge is 2.23. The molecule has 2 atom stereocenters. The largest absolute Gasteiger partial charge is 0.487 e. The van der Waals surface area contributed by atoms with Crippen LogP contribution in [0.2, 0.25) is 0 Å². The Labute approximate surface area is 182 Å². The van der Waals surface area contributed by atoms with Gasteiger partial charge in [-0.05, 0) is 55.8 Å². The van der Waals surface area contributed by atoms with Crippen LogP contribution < -0.4 is 15.4 Å². The van der Waals surface area contributed by atoms with Crippen LogP contribution in [0, 0.1) is 5.92 Å². The van der Waals surface area contributed by atoms with Crippen molar-refractivity contribution >= 4 is 36.4 Å². The molecule has 0 radical (unpaired) electrons. The van der Waals surface area contributed by atoms with Gasteiger partial charge in [0.1, 0.15) is 18.0 Å². The molecule has 1 saturated heterocycles. The van der Waals surface area contributed by atoms with Gasteiger partial charge in [-0.15, -0.1) is 24.8 Å². The summed E-state index contributed by atoms with van der Waals surface area (Å²) in [5, 5.41) is 6.50. The normalized spacial score (nSPS) is 18.4. The predicted octanol–water partition coefficient (Wildman–Crippen LogP) is 3.48. The standard InChI is InChI=1S/C21H24N4O2.2ClH/c1-15-12-22-9-8-19(15)24-21(26)16-5-4-6-18(11-16)27-14-17-13-25-10-3-2-7-20(25)23-17;;/h2-7,10-11,13,15,19,22H,8-9,12,14H2,1H3,(H,24,26);2*1H. The molecule has 0 saturated carbocycles. The second kappa shape index (κ2) is 10.5. The van der Waals surface area contributed by atoms with E-state index in [-0.39, 0.29) is 36.8 Å². The summed E-state index contributed by atoms with van der Waals surface area (Å²) in [5.41, 5.74) is 2.35. The summed E-state index contributed by atoms with van der Waals surface area (Å²) in [6, 6.07) is 13.4. The molecule has 2 unspecified atom stereocenters. The van der Waals surface area contributed by atoms with Gasteiger partial charge in [0.15, 0.2) is 0 Å². The Morgan fingerprint density at radius 3 is 2.93 bits per heavy atom. The van der Waals surface area contributed by atoms with Crippen LogP contribution >= 0.6 is 24.8 Å². The van der Waals surface area contributed by atoms with Crippen molar-refractivity contribution in [3.8, 4) is 5.75 Å². The van der Waals surface area contributed by atoms with E-state index in [0.29, 0.717) is 23.8 Å². The second-order valence-electron chi connectivity index (χ2n) is 7.06. The van der Waals surface area contributed by atoms with Crippen LogP contribution in [0.4, 0.5) is 0 Å². The first-order valence-corrected chi connectivity index (χ1v) is 9.36. The summed E-state index contributed by atoms with van der Waals surface area (Å²) < 4.78 is 7.82. The van der Waals surface area contributed by atoms with E-state index >= 15 is 0 Å². The van der Waals surface area contributed by atoms with E-state index in [1.165, 1.54) is 0 Å². The first kappa shape index (κ1) is 23.0. The zero-order valence-electron chi connectivity index (χ0n) is 16.2. The number of carbonyl (C=O) groups is 1. The number of hydrogen-bond acceptors (Lipinski definition) is 4. The van der Waals surface area contributed by atoms with Gasteiger partial charge in [0.05, 0.1) is 5.69 Å². The molecule has 0 bridgehead atoms. The molecule has 4 rings (SSSR count). The molecule has 2 N–H and O–H groups in total. The van der Waals surface area contributed by atoms with Gasteiger partial charge in [-0.1, -0.05) is 19.1 Å². The van der Waals surface area contributed by atoms with E-state index in [4.69, 9.17) is 4.74 Å². The van der Waals surface area contributed by atoms with E-state index in [0.717, 1.165) is 30.9 Å². The third kappa shape index (κ3) is 5.63. The number of benzene rings is 1. The zero-order valence-corrected chi connectivity index (χ0v) is 17.8. The Morgan fingerprint density at radius 1 is 1.28 bits per heavy atom. The average Bonchev–Trinajstić information content (AvgIpc) is 3.11. The third-order valence-electron chi connectivity index (χ3n) is 5.00. The van der Waals surface area contributed by atoms with Crippen molar-refractivity contribution in [1.82, 2.24) is 20.0 Å². The fraction of sp³-hybridized carbons (Fsp3) is 0.333. The molecule has 1 aliphatic rings. The number of halogens is 2. The predicted molar refractivity (Wildman–Crippen MR) is 118 cm³/mol. The van der Waals surface area contributed by atoms with Crippen molar-refractivity contribution < 1.29 is 9.53 Å². The Morgan fingerprint density at radius 2 is 2.14 bits per heavy atom. The smallest absolute Gasteiger partial charge is 0.251 e. The van der Waals surface area contributed by atoms with Crippen molar-refractivity contribution in [2.45, 2.75) is 26.0 Å². The minimum atomic E-state index is -0.0491. The van der Waals surface area contributed by atoms with E-state index in [9.17, 15) is 4.79 Å². The highest BCUT2D eigenvalue weighted by Crippen LogP contribution is 2.17. The van der Waals surface area contributed by atoms with Gasteiger partial charge in [-0.25, -0.2) is 4.98 Å². The summed E-state index contributed by atoms with van der Waals surface area (Å²) in [5.74, 6) is 1.04. The number of fused-ring (bicyclic) bond motifs is 1. The maximum atomic E-state index is 12.6. The molecule has 1 amide bonds. The van der Waals surface area contributed by atoms with Crippen LogP contribution in [0.15, 0.2) is 54.9 Å². The molecule has 3 heterocycles. The number of rotatable bonds is 5. The molecule has 1 aromatic carbocycles. The Balaban J connectivity index is 0.00000150. The van der Waals surface area contributed by atoms with Crippen LogP contribution in [0.3, 0.4) is 0 Å². The van der Waals surface area contributed by atoms with Crippen LogP contribution in [0.1, 0.15) is 29.4 Å². The number of pyridine rings is 1. The zero-order chi connectivity index (χ0) is 18.6. The Kier molecular flexibility index (Phi) is 8.32. The van der Waals surface area contributed by atoms with Crippen molar-refractivity contribution in [3.05, 3.63) is 66.1 Å². The minimum absolute atomic E-state index is 0. The molecule has 156 valence electrons. The molecule has 0 aliphatic carbocycles. The molecular formula is C21H26Cl2N4O2. The van der Waals surface area contributed by atoms with Gasteiger partial charge in [-0.3, -0.25) is 4.79 Å². The summed E-state index contributed by atoms with van der Waals surface area (Å²) in [6.45, 7) is 4.40. The monoisotopic (exact) mass is 436 g/mol. The molecule has 1 fully saturated rings. The number of nitrogens with one attached hydrogen (secondary N) is 2. The van der Waals surface area contributed by atoms with Crippen molar-refractivity contribution in [2.24, 2.45) is 5.92 Å². The van der Waals surface area contributed by atoms with Gasteiger partial charge in [0.25, 0.3) is 5.91 Å². The number of ether oxygens (including phenoxy) is 1. The topological polar surface area (TPSA) is 67.7 Å². The molecule has 29 heavy (non-hydrogen) atoms. The van der Waals surface area contributed by atoms with Gasteiger partial charge < -0.3 is 19.8 Å². The number of imidazole rings is 1. The van der Waals surface area contributed by atoms with Crippen LogP contribution in [-0.2, 0) is 6.61 Å². The number of hydrogen-bond donors (Lipinski definition) is 2. The third-order valence-corrected chi connectivity index (χ3v) is 5.00. The number of nitrogens with zero attached hydrogens (tertiary/aromatic N) is 2. The van der Waals surface area contributed by atoms with Crippen molar-refractivity contribution in [2.75, 3.05) is 13.1 Å². The fourth-order valence-electron chi connectivity index (χ4n) is 3.42. The molecule has 3 aromatic rings. The van der Waals surface area contributed by atoms with E-state index in [1.807, 2.05) is 53.2 Å². The van der Waals surface area contributed by atoms with E-state index < -0.39 is 0 Å². The summed E-state index contributed by atoms with van der Waals surface area (Å²) in [6.07, 6.45) is 4.86. The number of piperidine rings is 1. The van der Waals surface area contributed by atoms with Crippen LogP contribution in [-0.4, -0.2) is 34.4 Å². The molecular weight excluding hydrogens is 411 g/mol. The number of aromatic nitrogens is 2. The quantitative estimate of drug-likeness (QED) is 0.642. The highest BCUT2D eigenvalue weighted by atomic mass is 35.5. The Bertz CT molecular complexity index is 914. The maximum Gasteiger partial charge on any atom is 0.251 e. The first-order chi connectivity index (χ1) is 13.2. The minimum Gasteiger partial charge on any atom is -0.487 e. The van der Waals surface area contributed by atoms with Crippen molar-refractivity contribution in [3.63, 3.8) is 0 Å². The van der Waals surface area contributed by atoms with E-state index in [2.05, 4.69) is 22.5 Å². The fourth-order valence-corrected chi connectivity index (χ4v) is 3.42. The van der Waals surface area contributed by atoms with E-state index in [1.54, 1.807) is 6.07 Å². The van der Waals surface area contributed by atoms with Gasteiger partial charge in [0.2, 0.25) is 0 Å². The molecule has 2 aromatic heterocycles. The lowest BCUT2D eigenvalue weighted by molar-refractivity contribution is 0.0913. The lowest BCUT2D eigenvalue weighted by atomic mass is 9.95. The highest BCUT2D eigenvalue weighted by molar-refractivity contribution is 5.94. The molecule has 1 aliphatic heterocycles. The van der Waals surface area contributed by atoms with Gasteiger partial charge >= 0.3 is 0 Å². The summed E-state index contributed by atoms with van der Waals surface area (Å²) in [4.78, 5) is 17.1. The van der Waals surface area contributed by atoms with Crippen LogP contribution in [0.5, 0.6) is 5.75 Å². The summed E-state index contributed by atoms with van der Waals surface area (Å²) >= 11 is 0.